The van der Waals surface area contributed by atoms with Crippen molar-refractivity contribution in [2.75, 3.05) is 22.4 Å². The average Bonchev–Trinajstić information content (AvgIpc) is 2.60. The normalized spacial score (nSPS) is 11.1. The van der Waals surface area contributed by atoms with Crippen LogP contribution < -0.4 is 9.62 Å². The number of Topliss-reactive ketones (excluding diaryl/α,β-unsaturated/α-hetero) is 1. The second kappa shape index (κ2) is 9.41. The maximum atomic E-state index is 12.2. The molecular weight excluding hydrogens is 423 g/mol. The number of anilines is 2. The highest BCUT2D eigenvalue weighted by molar-refractivity contribution is 7.92. The second-order valence-electron chi connectivity index (χ2n) is 6.22. The molecule has 2 aromatic rings. The van der Waals surface area contributed by atoms with E-state index in [9.17, 15) is 18.0 Å². The Labute approximate surface area is 174 Å². The molecule has 9 heteroatoms. The Bertz CT molecular complexity index is 993. The quantitative estimate of drug-likeness (QED) is 0.614. The summed E-state index contributed by atoms with van der Waals surface area (Å²) >= 11 is 12.1. The SMILES string of the molecule is CC(=O)c1cccc(NC(=O)CCCN(c2cc(Cl)ccc2Cl)S(C)(=O)=O)c1. The molecule has 0 radical (unpaired) electrons. The van der Waals surface area contributed by atoms with Crippen LogP contribution in [0.3, 0.4) is 0 Å². The summed E-state index contributed by atoms with van der Waals surface area (Å²) in [5.74, 6) is -0.385. The van der Waals surface area contributed by atoms with E-state index in [2.05, 4.69) is 5.32 Å². The molecule has 0 aromatic heterocycles. The molecule has 0 saturated carbocycles. The van der Waals surface area contributed by atoms with Crippen LogP contribution in [0.2, 0.25) is 10.0 Å². The topological polar surface area (TPSA) is 83.6 Å². The van der Waals surface area contributed by atoms with Crippen LogP contribution in [0, 0.1) is 0 Å². The molecular formula is C19H20Cl2N2O4S. The van der Waals surface area contributed by atoms with Crippen LogP contribution in [-0.2, 0) is 14.8 Å². The first-order valence-corrected chi connectivity index (χ1v) is 11.0. The fourth-order valence-electron chi connectivity index (χ4n) is 2.56. The zero-order chi connectivity index (χ0) is 20.9. The van der Waals surface area contributed by atoms with Crippen molar-refractivity contribution in [1.29, 1.82) is 0 Å². The van der Waals surface area contributed by atoms with Gasteiger partial charge in [0.05, 0.1) is 17.0 Å². The summed E-state index contributed by atoms with van der Waals surface area (Å²) in [6.45, 7) is 1.52. The molecule has 6 nitrogen and oxygen atoms in total. The van der Waals surface area contributed by atoms with Gasteiger partial charge in [0.15, 0.2) is 5.78 Å². The van der Waals surface area contributed by atoms with E-state index < -0.39 is 10.0 Å². The van der Waals surface area contributed by atoms with E-state index in [0.29, 0.717) is 16.3 Å². The van der Waals surface area contributed by atoms with E-state index in [-0.39, 0.29) is 41.8 Å². The molecule has 0 atom stereocenters. The predicted molar refractivity (Wildman–Crippen MR) is 113 cm³/mol. The first-order chi connectivity index (χ1) is 13.1. The summed E-state index contributed by atoms with van der Waals surface area (Å²) in [5, 5.41) is 3.31. The number of carbonyl (C=O) groups is 2. The number of hydrogen-bond donors (Lipinski definition) is 1. The number of nitrogens with zero attached hydrogens (tertiary/aromatic N) is 1. The minimum Gasteiger partial charge on any atom is -0.326 e. The lowest BCUT2D eigenvalue weighted by Crippen LogP contribution is -2.31. The third-order valence-corrected chi connectivity index (χ3v) is 5.63. The van der Waals surface area contributed by atoms with E-state index in [0.717, 1.165) is 10.6 Å². The van der Waals surface area contributed by atoms with E-state index in [1.165, 1.54) is 19.1 Å². The molecule has 2 aromatic carbocycles. The number of amides is 1. The molecule has 28 heavy (non-hydrogen) atoms. The third kappa shape index (κ3) is 6.22. The zero-order valence-corrected chi connectivity index (χ0v) is 17.7. The highest BCUT2D eigenvalue weighted by Crippen LogP contribution is 2.30. The molecule has 1 N–H and O–H groups in total. The Morgan fingerprint density at radius 3 is 2.46 bits per heavy atom. The third-order valence-electron chi connectivity index (χ3n) is 3.90. The number of halogens is 2. The number of carbonyl (C=O) groups excluding carboxylic acids is 2. The molecule has 0 fully saturated rings. The van der Waals surface area contributed by atoms with Crippen LogP contribution >= 0.6 is 23.2 Å². The lowest BCUT2D eigenvalue weighted by Gasteiger charge is -2.23. The van der Waals surface area contributed by atoms with Crippen molar-refractivity contribution < 1.29 is 18.0 Å². The average molecular weight is 443 g/mol. The maximum Gasteiger partial charge on any atom is 0.232 e. The van der Waals surface area contributed by atoms with Gasteiger partial charge in [0, 0.05) is 29.2 Å². The lowest BCUT2D eigenvalue weighted by molar-refractivity contribution is -0.116. The van der Waals surface area contributed by atoms with Gasteiger partial charge in [-0.1, -0.05) is 35.3 Å². The number of nitrogens with one attached hydrogen (secondary N) is 1. The van der Waals surface area contributed by atoms with Crippen molar-refractivity contribution in [3.63, 3.8) is 0 Å². The number of ketones is 1. The summed E-state index contributed by atoms with van der Waals surface area (Å²) < 4.78 is 25.4. The molecule has 1 amide bonds. The van der Waals surface area contributed by atoms with Gasteiger partial charge >= 0.3 is 0 Å². The van der Waals surface area contributed by atoms with Gasteiger partial charge in [0.2, 0.25) is 15.9 Å². The summed E-state index contributed by atoms with van der Waals surface area (Å²) in [5.41, 5.74) is 1.28. The molecule has 0 aliphatic rings. The van der Waals surface area contributed by atoms with Gasteiger partial charge in [-0.05, 0) is 43.7 Å². The Balaban J connectivity index is 2.02. The maximum absolute atomic E-state index is 12.2. The zero-order valence-electron chi connectivity index (χ0n) is 15.4. The highest BCUT2D eigenvalue weighted by atomic mass is 35.5. The fourth-order valence-corrected chi connectivity index (χ4v) is 3.97. The van der Waals surface area contributed by atoms with Crippen molar-refractivity contribution in [3.05, 3.63) is 58.1 Å². The first kappa shape index (κ1) is 22.2. The number of sulfonamides is 1. The molecule has 2 rings (SSSR count). The monoisotopic (exact) mass is 442 g/mol. The van der Waals surface area contributed by atoms with E-state index in [4.69, 9.17) is 23.2 Å². The molecule has 0 bridgehead atoms. The van der Waals surface area contributed by atoms with Crippen LogP contribution in [0.15, 0.2) is 42.5 Å². The standard InChI is InChI=1S/C19H20Cl2N2O4S/c1-13(24)14-5-3-6-16(11-14)22-19(25)7-4-10-23(28(2,26)27)18-12-15(20)8-9-17(18)21/h3,5-6,8-9,11-12H,4,7,10H2,1-2H3,(H,22,25). The highest BCUT2D eigenvalue weighted by Gasteiger charge is 2.20. The van der Waals surface area contributed by atoms with Crippen molar-refractivity contribution in [2.45, 2.75) is 19.8 Å². The minimum absolute atomic E-state index is 0.0692. The van der Waals surface area contributed by atoms with Gasteiger partial charge in [-0.25, -0.2) is 8.42 Å². The van der Waals surface area contributed by atoms with Gasteiger partial charge in [-0.2, -0.15) is 0 Å². The smallest absolute Gasteiger partial charge is 0.232 e. The Kier molecular flexibility index (Phi) is 7.46. The van der Waals surface area contributed by atoms with Gasteiger partial charge in [0.25, 0.3) is 0 Å². The molecule has 0 unspecified atom stereocenters. The van der Waals surface area contributed by atoms with Crippen LogP contribution in [0.25, 0.3) is 0 Å². The first-order valence-electron chi connectivity index (χ1n) is 8.41. The van der Waals surface area contributed by atoms with Gasteiger partial charge < -0.3 is 5.32 Å². The van der Waals surface area contributed by atoms with E-state index >= 15 is 0 Å². The van der Waals surface area contributed by atoms with Crippen molar-refractivity contribution >= 4 is 56.3 Å². The van der Waals surface area contributed by atoms with Crippen LogP contribution in [0.5, 0.6) is 0 Å². The van der Waals surface area contributed by atoms with Crippen molar-refractivity contribution in [2.24, 2.45) is 0 Å². The molecule has 0 aliphatic heterocycles. The molecule has 0 saturated heterocycles. The Hall–Kier alpha value is -2.09. The summed E-state index contributed by atoms with van der Waals surface area (Å²) in [6.07, 6.45) is 1.43. The fraction of sp³-hybridized carbons (Fsp3) is 0.263. The number of rotatable bonds is 8. The summed E-state index contributed by atoms with van der Waals surface area (Å²) in [7, 11) is -3.61. The minimum atomic E-state index is -3.61. The number of hydrogen-bond acceptors (Lipinski definition) is 4. The Morgan fingerprint density at radius 2 is 1.82 bits per heavy atom. The molecule has 150 valence electrons. The van der Waals surface area contributed by atoms with E-state index in [1.807, 2.05) is 0 Å². The lowest BCUT2D eigenvalue weighted by atomic mass is 10.1. The summed E-state index contributed by atoms with van der Waals surface area (Å²) in [6, 6.07) is 11.2. The Morgan fingerprint density at radius 1 is 1.11 bits per heavy atom. The van der Waals surface area contributed by atoms with Crippen molar-refractivity contribution in [1.82, 2.24) is 0 Å². The largest absolute Gasteiger partial charge is 0.326 e. The van der Waals surface area contributed by atoms with Crippen LogP contribution in [0.1, 0.15) is 30.1 Å². The predicted octanol–water partition coefficient (Wildman–Crippen LogP) is 4.38. The van der Waals surface area contributed by atoms with Gasteiger partial charge in [-0.3, -0.25) is 13.9 Å². The summed E-state index contributed by atoms with van der Waals surface area (Å²) in [4.78, 5) is 23.6. The van der Waals surface area contributed by atoms with Crippen LogP contribution in [0.4, 0.5) is 11.4 Å². The van der Waals surface area contributed by atoms with E-state index in [1.54, 1.807) is 30.3 Å². The number of benzene rings is 2. The van der Waals surface area contributed by atoms with Gasteiger partial charge in [-0.15, -0.1) is 0 Å². The molecule has 0 spiro atoms. The second-order valence-corrected chi connectivity index (χ2v) is 8.97. The van der Waals surface area contributed by atoms with Crippen molar-refractivity contribution in [3.8, 4) is 0 Å². The molecule has 0 heterocycles. The van der Waals surface area contributed by atoms with Crippen LogP contribution in [-0.4, -0.2) is 32.9 Å². The van der Waals surface area contributed by atoms with Gasteiger partial charge in [0.1, 0.15) is 0 Å². The molecule has 0 aliphatic carbocycles.